The van der Waals surface area contributed by atoms with Crippen molar-refractivity contribution >= 4 is 18.9 Å². The molecule has 2 aromatic rings. The second-order valence-corrected chi connectivity index (χ2v) is 11.2. The first-order chi connectivity index (χ1) is 13.7. The zero-order valence-electron chi connectivity index (χ0n) is 18.3. The van der Waals surface area contributed by atoms with E-state index in [1.54, 1.807) is 5.30 Å². The molecular formula is C26H38NP. The van der Waals surface area contributed by atoms with Crippen molar-refractivity contribution in [1.82, 2.24) is 0 Å². The molecule has 0 saturated heterocycles. The van der Waals surface area contributed by atoms with Crippen molar-refractivity contribution in [2.24, 2.45) is 0 Å². The van der Waals surface area contributed by atoms with Gasteiger partial charge in [-0.15, -0.1) is 0 Å². The molecule has 0 N–H and O–H groups in total. The summed E-state index contributed by atoms with van der Waals surface area (Å²) in [6, 6.07) is 18.3. The summed E-state index contributed by atoms with van der Waals surface area (Å²) in [5.74, 6) is 0. The van der Waals surface area contributed by atoms with E-state index in [0.29, 0.717) is 0 Å². The Kier molecular flexibility index (Phi) is 7.98. The van der Waals surface area contributed by atoms with Crippen molar-refractivity contribution in [2.45, 2.75) is 76.5 Å². The molecular weight excluding hydrogens is 357 g/mol. The van der Waals surface area contributed by atoms with Gasteiger partial charge in [0.15, 0.2) is 0 Å². The minimum Gasteiger partial charge on any atom is -0.377 e. The molecule has 2 heteroatoms. The van der Waals surface area contributed by atoms with E-state index in [-0.39, 0.29) is 7.92 Å². The lowest BCUT2D eigenvalue weighted by Crippen LogP contribution is -2.25. The highest BCUT2D eigenvalue weighted by Crippen LogP contribution is 2.55. The Morgan fingerprint density at radius 3 is 2.18 bits per heavy atom. The largest absolute Gasteiger partial charge is 0.377 e. The first kappa shape index (κ1) is 21.4. The summed E-state index contributed by atoms with van der Waals surface area (Å²) in [5, 5.41) is 1.67. The van der Waals surface area contributed by atoms with Crippen LogP contribution in [0.5, 0.6) is 0 Å². The van der Waals surface area contributed by atoms with Gasteiger partial charge in [-0.25, -0.2) is 0 Å². The number of hydrogen-bond acceptors (Lipinski definition) is 1. The zero-order chi connectivity index (χ0) is 19.9. The number of rotatable bonds is 8. The number of para-hydroxylation sites is 1. The topological polar surface area (TPSA) is 3.24 Å². The van der Waals surface area contributed by atoms with E-state index in [1.165, 1.54) is 68.2 Å². The van der Waals surface area contributed by atoms with Crippen molar-refractivity contribution in [3.63, 3.8) is 0 Å². The lowest BCUT2D eigenvalue weighted by molar-refractivity contribution is 0.508. The van der Waals surface area contributed by atoms with Gasteiger partial charge >= 0.3 is 0 Å². The lowest BCUT2D eigenvalue weighted by atomic mass is 10.0. The Labute approximate surface area is 174 Å². The fourth-order valence-corrected chi connectivity index (χ4v) is 8.91. The van der Waals surface area contributed by atoms with Crippen LogP contribution in [-0.2, 0) is 0 Å². The molecule has 28 heavy (non-hydrogen) atoms. The Bertz CT molecular complexity index is 728. The average Bonchev–Trinajstić information content (AvgIpc) is 2.74. The highest BCUT2D eigenvalue weighted by atomic mass is 31.1. The molecule has 1 aliphatic carbocycles. The molecule has 0 spiro atoms. The standard InChI is InChI=1S/C26H38NP/c1-5-14-21(6-2)28(22-15-8-7-9-16-22)26-20-13-11-18-24(26)23-17-10-12-19-25(23)27(3)4/h10-13,17-22H,5-9,14-16H2,1-4H3. The zero-order valence-corrected chi connectivity index (χ0v) is 19.2. The van der Waals surface area contributed by atoms with Crippen molar-refractivity contribution in [3.05, 3.63) is 48.5 Å². The monoisotopic (exact) mass is 395 g/mol. The van der Waals surface area contributed by atoms with E-state index in [1.807, 2.05) is 0 Å². The van der Waals surface area contributed by atoms with Gasteiger partial charge in [-0.2, -0.15) is 0 Å². The van der Waals surface area contributed by atoms with E-state index in [2.05, 4.69) is 81.4 Å². The maximum absolute atomic E-state index is 2.47. The van der Waals surface area contributed by atoms with Crippen LogP contribution >= 0.6 is 7.92 Å². The SMILES string of the molecule is CCCC(CC)P(c1ccccc1-c1ccccc1N(C)C)C1CCCCC1. The van der Waals surface area contributed by atoms with Crippen LogP contribution < -0.4 is 10.2 Å². The van der Waals surface area contributed by atoms with Crippen molar-refractivity contribution in [1.29, 1.82) is 0 Å². The van der Waals surface area contributed by atoms with Crippen molar-refractivity contribution < 1.29 is 0 Å². The normalized spacial score (nSPS) is 17.3. The average molecular weight is 396 g/mol. The van der Waals surface area contributed by atoms with Gasteiger partial charge in [0.1, 0.15) is 0 Å². The second-order valence-electron chi connectivity index (χ2n) is 8.48. The van der Waals surface area contributed by atoms with Crippen LogP contribution in [-0.4, -0.2) is 25.4 Å². The Morgan fingerprint density at radius 2 is 1.54 bits per heavy atom. The molecule has 2 atom stereocenters. The van der Waals surface area contributed by atoms with Crippen molar-refractivity contribution in [3.8, 4) is 11.1 Å². The van der Waals surface area contributed by atoms with Gasteiger partial charge in [-0.05, 0) is 53.9 Å². The third kappa shape index (κ3) is 4.80. The molecule has 0 heterocycles. The van der Waals surface area contributed by atoms with Crippen LogP contribution in [0.1, 0.15) is 65.2 Å². The summed E-state index contributed by atoms with van der Waals surface area (Å²) < 4.78 is 0. The van der Waals surface area contributed by atoms with Crippen LogP contribution in [0, 0.1) is 0 Å². The smallest absolute Gasteiger partial charge is 0.0440 e. The lowest BCUT2D eigenvalue weighted by Gasteiger charge is -2.38. The molecule has 152 valence electrons. The van der Waals surface area contributed by atoms with E-state index in [9.17, 15) is 0 Å². The Hall–Kier alpha value is -1.33. The summed E-state index contributed by atoms with van der Waals surface area (Å²) in [4.78, 5) is 2.26. The highest BCUT2D eigenvalue weighted by molar-refractivity contribution is 7.67. The van der Waals surface area contributed by atoms with Crippen LogP contribution in [0.25, 0.3) is 11.1 Å². The third-order valence-electron chi connectivity index (χ3n) is 6.31. The fourth-order valence-electron chi connectivity index (χ4n) is 4.94. The molecule has 1 nitrogen and oxygen atoms in total. The van der Waals surface area contributed by atoms with Crippen LogP contribution in [0.2, 0.25) is 0 Å². The van der Waals surface area contributed by atoms with Crippen LogP contribution in [0.15, 0.2) is 48.5 Å². The quantitative estimate of drug-likeness (QED) is 0.420. The molecule has 3 rings (SSSR count). The molecule has 1 aliphatic rings. The molecule has 2 aromatic carbocycles. The summed E-state index contributed by atoms with van der Waals surface area (Å²) in [7, 11) is 4.19. The number of benzene rings is 2. The summed E-state index contributed by atoms with van der Waals surface area (Å²) in [5.41, 5.74) is 5.98. The highest BCUT2D eigenvalue weighted by Gasteiger charge is 2.32. The van der Waals surface area contributed by atoms with Gasteiger partial charge < -0.3 is 4.90 Å². The first-order valence-corrected chi connectivity index (χ1v) is 12.8. The molecule has 0 aromatic heterocycles. The fraction of sp³-hybridized carbons (Fsp3) is 0.538. The second kappa shape index (κ2) is 10.4. The molecule has 0 radical (unpaired) electrons. The predicted octanol–water partition coefficient (Wildman–Crippen LogP) is 7.44. The van der Waals surface area contributed by atoms with Gasteiger partial charge in [-0.1, -0.05) is 89.9 Å². The third-order valence-corrected chi connectivity index (χ3v) is 9.97. The van der Waals surface area contributed by atoms with E-state index in [0.717, 1.165) is 11.3 Å². The molecule has 0 bridgehead atoms. The van der Waals surface area contributed by atoms with Gasteiger partial charge in [0.25, 0.3) is 0 Å². The van der Waals surface area contributed by atoms with Gasteiger partial charge in [0, 0.05) is 25.3 Å². The number of nitrogens with zero attached hydrogens (tertiary/aromatic N) is 1. The van der Waals surface area contributed by atoms with Gasteiger partial charge in [-0.3, -0.25) is 0 Å². The van der Waals surface area contributed by atoms with Crippen LogP contribution in [0.4, 0.5) is 5.69 Å². The predicted molar refractivity (Wildman–Crippen MR) is 129 cm³/mol. The van der Waals surface area contributed by atoms with Gasteiger partial charge in [0.2, 0.25) is 0 Å². The van der Waals surface area contributed by atoms with E-state index in [4.69, 9.17) is 0 Å². The molecule has 1 saturated carbocycles. The molecule has 2 unspecified atom stereocenters. The minimum absolute atomic E-state index is 0.138. The Morgan fingerprint density at radius 1 is 0.893 bits per heavy atom. The van der Waals surface area contributed by atoms with Crippen LogP contribution in [0.3, 0.4) is 0 Å². The maximum Gasteiger partial charge on any atom is 0.0440 e. The van der Waals surface area contributed by atoms with Gasteiger partial charge in [0.05, 0.1) is 0 Å². The number of hydrogen-bond donors (Lipinski definition) is 0. The Balaban J connectivity index is 2.11. The summed E-state index contributed by atoms with van der Waals surface area (Å²) in [6.07, 6.45) is 11.2. The minimum atomic E-state index is -0.138. The maximum atomic E-state index is 2.47. The summed E-state index contributed by atoms with van der Waals surface area (Å²) >= 11 is 0. The van der Waals surface area contributed by atoms with Crippen molar-refractivity contribution in [2.75, 3.05) is 19.0 Å². The van der Waals surface area contributed by atoms with E-state index < -0.39 is 0 Å². The first-order valence-electron chi connectivity index (χ1n) is 11.3. The van der Waals surface area contributed by atoms with E-state index >= 15 is 0 Å². The molecule has 0 aliphatic heterocycles. The molecule has 0 amide bonds. The number of anilines is 1. The molecule has 1 fully saturated rings. The summed E-state index contributed by atoms with van der Waals surface area (Å²) in [6.45, 7) is 4.79.